The second kappa shape index (κ2) is 7.98. The van der Waals surface area contributed by atoms with E-state index < -0.39 is 15.8 Å². The number of benzene rings is 1. The van der Waals surface area contributed by atoms with Crippen molar-refractivity contribution in [3.8, 4) is 0 Å². The van der Waals surface area contributed by atoms with Gasteiger partial charge >= 0.3 is 0 Å². The molecule has 2 aromatic rings. The fraction of sp³-hybridized carbons (Fsp3) is 0.250. The zero-order valence-corrected chi connectivity index (χ0v) is 13.9. The third-order valence-electron chi connectivity index (χ3n) is 3.33. The summed E-state index contributed by atoms with van der Waals surface area (Å²) in [6, 6.07) is 7.86. The summed E-state index contributed by atoms with van der Waals surface area (Å²) >= 11 is 0. The van der Waals surface area contributed by atoms with Crippen molar-refractivity contribution in [3.05, 3.63) is 60.2 Å². The lowest BCUT2D eigenvalue weighted by atomic mass is 10.1. The van der Waals surface area contributed by atoms with Crippen LogP contribution in [0, 0.1) is 5.82 Å². The summed E-state index contributed by atoms with van der Waals surface area (Å²) < 4.78 is 39.1. The Morgan fingerprint density at radius 1 is 1.25 bits per heavy atom. The molecule has 1 aromatic carbocycles. The molecule has 2 N–H and O–H groups in total. The molecule has 1 heterocycles. The molecule has 128 valence electrons. The molecular formula is C16H18FN3O3S. The third kappa shape index (κ3) is 5.10. The van der Waals surface area contributed by atoms with E-state index in [2.05, 4.69) is 15.0 Å². The molecule has 0 aliphatic rings. The first-order chi connectivity index (χ1) is 11.4. The lowest BCUT2D eigenvalue weighted by molar-refractivity contribution is -0.121. The minimum atomic E-state index is -3.76. The van der Waals surface area contributed by atoms with Gasteiger partial charge in [-0.1, -0.05) is 6.07 Å². The maximum absolute atomic E-state index is 12.8. The first-order valence-electron chi connectivity index (χ1n) is 7.33. The van der Waals surface area contributed by atoms with E-state index in [-0.39, 0.29) is 29.8 Å². The number of nitrogens with zero attached hydrogens (tertiary/aromatic N) is 1. The molecule has 1 aromatic heterocycles. The molecular weight excluding hydrogens is 333 g/mol. The lowest BCUT2D eigenvalue weighted by Gasteiger charge is -2.14. The van der Waals surface area contributed by atoms with Gasteiger partial charge in [0.2, 0.25) is 15.9 Å². The normalized spacial score (nSPS) is 12.6. The van der Waals surface area contributed by atoms with Crippen LogP contribution in [0.3, 0.4) is 0 Å². The highest BCUT2D eigenvalue weighted by atomic mass is 32.2. The topological polar surface area (TPSA) is 88.2 Å². The van der Waals surface area contributed by atoms with E-state index >= 15 is 0 Å². The van der Waals surface area contributed by atoms with Gasteiger partial charge in [-0.3, -0.25) is 9.78 Å². The average molecular weight is 351 g/mol. The number of aromatic nitrogens is 1. The van der Waals surface area contributed by atoms with Crippen LogP contribution in [0.5, 0.6) is 0 Å². The van der Waals surface area contributed by atoms with Crippen molar-refractivity contribution in [3.63, 3.8) is 0 Å². The van der Waals surface area contributed by atoms with Crippen LogP contribution in [0.15, 0.2) is 53.7 Å². The Morgan fingerprint density at radius 3 is 2.58 bits per heavy atom. The van der Waals surface area contributed by atoms with E-state index in [1.54, 1.807) is 18.5 Å². The van der Waals surface area contributed by atoms with Crippen molar-refractivity contribution in [2.24, 2.45) is 0 Å². The lowest BCUT2D eigenvalue weighted by Crippen LogP contribution is -2.32. The Morgan fingerprint density at radius 2 is 1.96 bits per heavy atom. The zero-order valence-electron chi connectivity index (χ0n) is 13.1. The Kier molecular flexibility index (Phi) is 5.99. The Labute approximate surface area is 140 Å². The zero-order chi connectivity index (χ0) is 17.6. The standard InChI is InChI=1S/C16H18FN3O3S/c1-12(13-3-2-9-18-11-13)20-16(21)8-10-19-24(22,23)15-6-4-14(17)5-7-15/h2-7,9,11-12,19H,8,10H2,1H3,(H,20,21). The quantitative estimate of drug-likeness (QED) is 0.796. The third-order valence-corrected chi connectivity index (χ3v) is 4.81. The molecule has 0 aliphatic carbocycles. The number of carbonyl (C=O) groups is 1. The van der Waals surface area contributed by atoms with Crippen LogP contribution in [-0.4, -0.2) is 25.9 Å². The minimum Gasteiger partial charge on any atom is -0.349 e. The molecule has 0 radical (unpaired) electrons. The minimum absolute atomic E-state index is 0.00890. The fourth-order valence-electron chi connectivity index (χ4n) is 2.03. The smallest absolute Gasteiger partial charge is 0.240 e. The molecule has 2 rings (SSSR count). The number of pyridine rings is 1. The van der Waals surface area contributed by atoms with Gasteiger partial charge in [-0.05, 0) is 42.8 Å². The molecule has 8 heteroatoms. The van der Waals surface area contributed by atoms with Gasteiger partial charge in [0.1, 0.15) is 5.82 Å². The van der Waals surface area contributed by atoms with Crippen LogP contribution in [-0.2, 0) is 14.8 Å². The van der Waals surface area contributed by atoms with Crippen molar-refractivity contribution in [2.75, 3.05) is 6.54 Å². The van der Waals surface area contributed by atoms with Gasteiger partial charge in [0, 0.05) is 25.4 Å². The largest absolute Gasteiger partial charge is 0.349 e. The van der Waals surface area contributed by atoms with Gasteiger partial charge in [-0.15, -0.1) is 0 Å². The van der Waals surface area contributed by atoms with Crippen LogP contribution in [0.2, 0.25) is 0 Å². The molecule has 0 fully saturated rings. The van der Waals surface area contributed by atoms with Gasteiger partial charge in [-0.2, -0.15) is 0 Å². The highest BCUT2D eigenvalue weighted by molar-refractivity contribution is 7.89. The van der Waals surface area contributed by atoms with E-state index in [0.717, 1.165) is 17.7 Å². The van der Waals surface area contributed by atoms with Crippen molar-refractivity contribution in [2.45, 2.75) is 24.3 Å². The molecule has 6 nitrogen and oxygen atoms in total. The average Bonchev–Trinajstić information content (AvgIpc) is 2.56. The Balaban J connectivity index is 1.83. The Bertz CT molecular complexity index is 780. The molecule has 0 spiro atoms. The summed E-state index contributed by atoms with van der Waals surface area (Å²) in [6.07, 6.45) is 3.29. The predicted molar refractivity (Wildman–Crippen MR) is 87.0 cm³/mol. The number of hydrogen-bond acceptors (Lipinski definition) is 4. The highest BCUT2D eigenvalue weighted by Crippen LogP contribution is 2.11. The van der Waals surface area contributed by atoms with Crippen LogP contribution in [0.1, 0.15) is 24.9 Å². The maximum Gasteiger partial charge on any atom is 0.240 e. The van der Waals surface area contributed by atoms with E-state index in [0.29, 0.717) is 0 Å². The first-order valence-corrected chi connectivity index (χ1v) is 8.81. The molecule has 0 saturated carbocycles. The van der Waals surface area contributed by atoms with Crippen LogP contribution in [0.4, 0.5) is 4.39 Å². The summed E-state index contributed by atoms with van der Waals surface area (Å²) in [6.45, 7) is 1.77. The number of hydrogen-bond donors (Lipinski definition) is 2. The predicted octanol–water partition coefficient (Wildman–Crippen LogP) is 1.77. The van der Waals surface area contributed by atoms with Crippen molar-refractivity contribution in [1.29, 1.82) is 0 Å². The summed E-state index contributed by atoms with van der Waals surface area (Å²) in [7, 11) is -3.76. The summed E-state index contributed by atoms with van der Waals surface area (Å²) in [4.78, 5) is 15.8. The van der Waals surface area contributed by atoms with Crippen molar-refractivity contribution in [1.82, 2.24) is 15.0 Å². The van der Waals surface area contributed by atoms with Gasteiger partial charge in [0.25, 0.3) is 0 Å². The highest BCUT2D eigenvalue weighted by Gasteiger charge is 2.15. The second-order valence-electron chi connectivity index (χ2n) is 5.18. The van der Waals surface area contributed by atoms with E-state index in [1.165, 1.54) is 12.1 Å². The number of carbonyl (C=O) groups excluding carboxylic acids is 1. The summed E-state index contributed by atoms with van der Waals surface area (Å²) in [5.41, 5.74) is 0.859. The van der Waals surface area contributed by atoms with Crippen LogP contribution < -0.4 is 10.0 Å². The SMILES string of the molecule is CC(NC(=O)CCNS(=O)(=O)c1ccc(F)cc1)c1cccnc1. The van der Waals surface area contributed by atoms with Gasteiger partial charge < -0.3 is 5.32 Å². The van der Waals surface area contributed by atoms with E-state index in [9.17, 15) is 17.6 Å². The van der Waals surface area contributed by atoms with Crippen LogP contribution in [0.25, 0.3) is 0 Å². The van der Waals surface area contributed by atoms with Gasteiger partial charge in [0.05, 0.1) is 10.9 Å². The number of halogens is 1. The molecule has 0 saturated heterocycles. The fourth-order valence-corrected chi connectivity index (χ4v) is 3.06. The maximum atomic E-state index is 12.8. The molecule has 0 aliphatic heterocycles. The molecule has 1 amide bonds. The van der Waals surface area contributed by atoms with Gasteiger partial charge in [0.15, 0.2) is 0 Å². The monoisotopic (exact) mass is 351 g/mol. The second-order valence-corrected chi connectivity index (χ2v) is 6.94. The first kappa shape index (κ1) is 18.0. The van der Waals surface area contributed by atoms with Crippen molar-refractivity contribution < 1.29 is 17.6 Å². The van der Waals surface area contributed by atoms with Crippen molar-refractivity contribution >= 4 is 15.9 Å². The number of sulfonamides is 1. The molecule has 1 atom stereocenters. The van der Waals surface area contributed by atoms with E-state index in [4.69, 9.17) is 0 Å². The molecule has 24 heavy (non-hydrogen) atoms. The number of rotatable bonds is 7. The summed E-state index contributed by atoms with van der Waals surface area (Å²) in [5.74, 6) is -0.800. The molecule has 1 unspecified atom stereocenters. The molecule has 0 bridgehead atoms. The summed E-state index contributed by atoms with van der Waals surface area (Å²) in [5, 5.41) is 2.77. The van der Waals surface area contributed by atoms with Gasteiger partial charge in [-0.25, -0.2) is 17.5 Å². The number of amides is 1. The van der Waals surface area contributed by atoms with Crippen LogP contribution >= 0.6 is 0 Å². The van der Waals surface area contributed by atoms with E-state index in [1.807, 2.05) is 13.0 Å². The number of nitrogens with one attached hydrogen (secondary N) is 2. The Hall–Kier alpha value is -2.32.